The fourth-order valence-corrected chi connectivity index (χ4v) is 5.78. The number of carbonyl (C=O) groups excluding carboxylic acids is 1. The summed E-state index contributed by atoms with van der Waals surface area (Å²) in [6.45, 7) is 5.07. The summed E-state index contributed by atoms with van der Waals surface area (Å²) in [5.74, 6) is 0.771. The van der Waals surface area contributed by atoms with Crippen molar-refractivity contribution >= 4 is 17.8 Å². The van der Waals surface area contributed by atoms with Gasteiger partial charge in [0.25, 0.3) is 0 Å². The maximum absolute atomic E-state index is 11.8. The SMILES string of the molecule is CCNC(=O)NCc1cccc(-c2ccc([C@H]3O[C@@H](CSc4ncn[nH]4)[C@@H](C)[C@@H](c4ccc(CO)cc4)O3)cc2)c1. The predicted molar refractivity (Wildman–Crippen MR) is 158 cm³/mol. The average Bonchev–Trinajstić information content (AvgIpc) is 3.54. The molecular weight excluding hydrogens is 538 g/mol. The second-order valence-corrected chi connectivity index (χ2v) is 11.0. The predicted octanol–water partition coefficient (Wildman–Crippen LogP) is 5.37. The van der Waals surface area contributed by atoms with Crippen LogP contribution in [-0.4, -0.2) is 44.7 Å². The van der Waals surface area contributed by atoms with Gasteiger partial charge in [-0.25, -0.2) is 9.78 Å². The molecule has 5 rings (SSSR count). The van der Waals surface area contributed by atoms with Crippen LogP contribution in [0.3, 0.4) is 0 Å². The maximum atomic E-state index is 11.8. The van der Waals surface area contributed by atoms with Crippen LogP contribution < -0.4 is 10.6 Å². The average molecular weight is 574 g/mol. The van der Waals surface area contributed by atoms with Crippen LogP contribution in [0.15, 0.2) is 84.3 Å². The number of urea groups is 1. The zero-order chi connectivity index (χ0) is 28.6. The highest BCUT2D eigenvalue weighted by molar-refractivity contribution is 7.99. The molecule has 0 bridgehead atoms. The molecule has 0 unspecified atom stereocenters. The molecule has 0 radical (unpaired) electrons. The Bertz CT molecular complexity index is 1400. The van der Waals surface area contributed by atoms with Crippen molar-refractivity contribution in [3.05, 3.63) is 101 Å². The lowest BCUT2D eigenvalue weighted by Gasteiger charge is -2.41. The summed E-state index contributed by atoms with van der Waals surface area (Å²) in [5, 5.41) is 22.7. The van der Waals surface area contributed by atoms with E-state index in [1.165, 1.54) is 6.33 Å². The van der Waals surface area contributed by atoms with Crippen LogP contribution in [0.25, 0.3) is 11.1 Å². The number of aliphatic hydroxyl groups excluding tert-OH is 1. The second kappa shape index (κ2) is 13.8. The Hall–Kier alpha value is -3.70. The van der Waals surface area contributed by atoms with Crippen molar-refractivity contribution < 1.29 is 19.4 Å². The van der Waals surface area contributed by atoms with Crippen LogP contribution in [0, 0.1) is 5.92 Å². The molecule has 4 aromatic rings. The first-order valence-corrected chi connectivity index (χ1v) is 14.7. The number of hydrogen-bond donors (Lipinski definition) is 4. The Labute approximate surface area is 244 Å². The molecule has 0 spiro atoms. The van der Waals surface area contributed by atoms with Gasteiger partial charge in [-0.3, -0.25) is 5.10 Å². The van der Waals surface area contributed by atoms with Gasteiger partial charge in [-0.05, 0) is 40.8 Å². The molecule has 0 saturated carbocycles. The second-order valence-electron chi connectivity index (χ2n) is 9.96. The molecule has 4 atom stereocenters. The van der Waals surface area contributed by atoms with E-state index in [0.717, 1.165) is 38.5 Å². The van der Waals surface area contributed by atoms with Crippen LogP contribution >= 0.6 is 11.8 Å². The van der Waals surface area contributed by atoms with Crippen molar-refractivity contribution in [1.29, 1.82) is 0 Å². The lowest BCUT2D eigenvalue weighted by Crippen LogP contribution is -2.38. The van der Waals surface area contributed by atoms with Gasteiger partial charge in [-0.15, -0.1) is 0 Å². The molecule has 1 aromatic heterocycles. The van der Waals surface area contributed by atoms with Crippen LogP contribution in [0.4, 0.5) is 4.79 Å². The smallest absolute Gasteiger partial charge is 0.315 e. The third-order valence-corrected chi connectivity index (χ3v) is 8.10. The molecule has 0 aliphatic carbocycles. The van der Waals surface area contributed by atoms with Gasteiger partial charge in [-0.1, -0.05) is 85.4 Å². The number of thioether (sulfide) groups is 1. The van der Waals surface area contributed by atoms with Crippen molar-refractivity contribution in [2.75, 3.05) is 12.3 Å². The zero-order valence-corrected chi connectivity index (χ0v) is 23.9. The minimum Gasteiger partial charge on any atom is -0.392 e. The summed E-state index contributed by atoms with van der Waals surface area (Å²) < 4.78 is 13.1. The van der Waals surface area contributed by atoms with Crippen LogP contribution in [0.5, 0.6) is 0 Å². The molecule has 1 saturated heterocycles. The standard InChI is InChI=1S/C31H35N5O4S/c1-3-32-30(38)33-16-22-5-4-6-26(15-22)23-11-13-25(14-12-23)29-39-27(18-41-31-34-19-35-36-31)20(2)28(40-29)24-9-7-21(17-37)8-10-24/h4-15,19-20,27-29,37H,3,16-18H2,1-2H3,(H2,32,33,38)(H,34,35,36)/t20-,27+,28+,29+/m1/s1. The number of nitrogens with zero attached hydrogens (tertiary/aromatic N) is 2. The Morgan fingerprint density at radius 3 is 2.46 bits per heavy atom. The summed E-state index contributed by atoms with van der Waals surface area (Å²) >= 11 is 1.57. The number of amides is 2. The van der Waals surface area contributed by atoms with Crippen molar-refractivity contribution in [3.8, 4) is 11.1 Å². The van der Waals surface area contributed by atoms with E-state index in [4.69, 9.17) is 9.47 Å². The van der Waals surface area contributed by atoms with E-state index in [-0.39, 0.29) is 30.8 Å². The van der Waals surface area contributed by atoms with Crippen LogP contribution in [-0.2, 0) is 22.6 Å². The van der Waals surface area contributed by atoms with Crippen LogP contribution in [0.2, 0.25) is 0 Å². The third kappa shape index (κ3) is 7.34. The quantitative estimate of drug-likeness (QED) is 0.188. The largest absolute Gasteiger partial charge is 0.392 e. The molecule has 2 heterocycles. The molecule has 2 amide bonds. The molecule has 4 N–H and O–H groups in total. The Morgan fingerprint density at radius 2 is 1.76 bits per heavy atom. The Morgan fingerprint density at radius 1 is 0.976 bits per heavy atom. The lowest BCUT2D eigenvalue weighted by molar-refractivity contribution is -0.268. The van der Waals surface area contributed by atoms with E-state index in [1.54, 1.807) is 11.8 Å². The lowest BCUT2D eigenvalue weighted by atomic mass is 9.91. The van der Waals surface area contributed by atoms with E-state index in [9.17, 15) is 9.90 Å². The first-order valence-electron chi connectivity index (χ1n) is 13.7. The third-order valence-electron chi connectivity index (χ3n) is 7.13. The first kappa shape index (κ1) is 28.8. The van der Waals surface area contributed by atoms with E-state index in [1.807, 2.05) is 55.5 Å². The van der Waals surface area contributed by atoms with Crippen molar-refractivity contribution in [3.63, 3.8) is 0 Å². The molecule has 1 aliphatic heterocycles. The monoisotopic (exact) mass is 573 g/mol. The van der Waals surface area contributed by atoms with E-state index < -0.39 is 6.29 Å². The van der Waals surface area contributed by atoms with Crippen molar-refractivity contribution in [2.45, 2.75) is 50.7 Å². The fourth-order valence-electron chi connectivity index (χ4n) is 4.83. The van der Waals surface area contributed by atoms with Gasteiger partial charge in [0.05, 0.1) is 18.8 Å². The van der Waals surface area contributed by atoms with Gasteiger partial charge >= 0.3 is 6.03 Å². The molecular formula is C31H35N5O4S. The van der Waals surface area contributed by atoms with E-state index in [2.05, 4.69) is 57.0 Å². The first-order chi connectivity index (χ1) is 20.0. The number of H-pyrrole nitrogens is 1. The van der Waals surface area contributed by atoms with E-state index in [0.29, 0.717) is 18.8 Å². The number of aromatic amines is 1. The minimum absolute atomic E-state index is 0.00347. The molecule has 1 aliphatic rings. The van der Waals surface area contributed by atoms with Crippen molar-refractivity contribution in [2.24, 2.45) is 5.92 Å². The number of rotatable bonds is 10. The number of benzene rings is 3. The van der Waals surface area contributed by atoms with Crippen LogP contribution in [0.1, 0.15) is 48.5 Å². The zero-order valence-electron chi connectivity index (χ0n) is 23.1. The number of aromatic nitrogens is 3. The fraction of sp³-hybridized carbons (Fsp3) is 0.323. The van der Waals surface area contributed by atoms with Gasteiger partial charge < -0.3 is 25.2 Å². The van der Waals surface area contributed by atoms with Gasteiger partial charge in [-0.2, -0.15) is 5.10 Å². The number of carbonyl (C=O) groups is 1. The summed E-state index contributed by atoms with van der Waals surface area (Å²) in [7, 11) is 0. The molecule has 1 fully saturated rings. The highest BCUT2D eigenvalue weighted by Crippen LogP contribution is 2.43. The minimum atomic E-state index is -0.546. The van der Waals surface area contributed by atoms with Gasteiger partial charge in [0.15, 0.2) is 11.4 Å². The summed E-state index contributed by atoms with van der Waals surface area (Å²) in [4.78, 5) is 16.0. The topological polar surface area (TPSA) is 121 Å². The molecule has 10 heteroatoms. The number of hydrogen-bond acceptors (Lipinski definition) is 7. The van der Waals surface area contributed by atoms with Gasteiger partial charge in [0, 0.05) is 30.3 Å². The molecule has 214 valence electrons. The summed E-state index contributed by atoms with van der Waals surface area (Å²) in [6.07, 6.45) is 0.674. The maximum Gasteiger partial charge on any atom is 0.315 e. The number of aliphatic hydroxyl groups is 1. The summed E-state index contributed by atoms with van der Waals surface area (Å²) in [6, 6.07) is 24.1. The Balaban J connectivity index is 1.33. The van der Waals surface area contributed by atoms with E-state index >= 15 is 0 Å². The number of nitrogens with one attached hydrogen (secondary N) is 3. The normalized spacial score (nSPS) is 20.5. The summed E-state index contributed by atoms with van der Waals surface area (Å²) in [5.41, 5.74) is 5.99. The molecule has 9 nitrogen and oxygen atoms in total. The number of ether oxygens (including phenoxy) is 2. The molecule has 41 heavy (non-hydrogen) atoms. The molecule has 3 aromatic carbocycles. The van der Waals surface area contributed by atoms with Gasteiger partial charge in [0.2, 0.25) is 0 Å². The highest BCUT2D eigenvalue weighted by atomic mass is 32.2. The van der Waals surface area contributed by atoms with Crippen molar-refractivity contribution in [1.82, 2.24) is 25.8 Å². The highest BCUT2D eigenvalue weighted by Gasteiger charge is 2.38. The Kier molecular flexibility index (Phi) is 9.68. The van der Waals surface area contributed by atoms with Gasteiger partial charge in [0.1, 0.15) is 6.33 Å².